The number of Topliss-reactive ketones (excluding diaryl/α,β-unsaturated/α-hetero) is 1. The lowest BCUT2D eigenvalue weighted by molar-refractivity contribution is -0.147. The number of aromatic nitrogens is 2. The number of unbranched alkanes of at least 4 members (excludes halogenated alkanes) is 1. The molecule has 0 radical (unpaired) electrons. The Morgan fingerprint density at radius 3 is 2.29 bits per heavy atom. The van der Waals surface area contributed by atoms with Crippen LogP contribution < -0.4 is 21.3 Å². The SMILES string of the molecule is C=CCNC(=O)C(=O)C(CCCC)NC(=O)[C@@H]1[C@@H]2[C@H](CN1C(=O)[C@@H](NC(=O)[C@@H](NC(=O)c1cnccn1)C1(C)CCCCC1)C(C)(C)C)C2(C)C. The number of piperidine rings is 1. The summed E-state index contributed by atoms with van der Waals surface area (Å²) in [5.41, 5.74) is -1.47. The number of rotatable bonds is 15. The summed E-state index contributed by atoms with van der Waals surface area (Å²) in [4.78, 5) is 91.9. The van der Waals surface area contributed by atoms with Crippen molar-refractivity contribution in [3.8, 4) is 0 Å². The lowest BCUT2D eigenvalue weighted by Gasteiger charge is -2.42. The molecule has 1 aromatic heterocycles. The van der Waals surface area contributed by atoms with Crippen molar-refractivity contribution < 1.29 is 28.8 Å². The Morgan fingerprint density at radius 1 is 1.02 bits per heavy atom. The van der Waals surface area contributed by atoms with Gasteiger partial charge in [-0.1, -0.05) is 86.6 Å². The smallest absolute Gasteiger partial charge is 0.289 e. The molecule has 1 unspecified atom stereocenters. The fourth-order valence-corrected chi connectivity index (χ4v) is 8.02. The van der Waals surface area contributed by atoms with Crippen LogP contribution >= 0.6 is 0 Å². The molecule has 2 heterocycles. The third-order valence-corrected chi connectivity index (χ3v) is 11.3. The number of nitrogens with one attached hydrogen (secondary N) is 4. The predicted molar refractivity (Wildman–Crippen MR) is 192 cm³/mol. The fourth-order valence-electron chi connectivity index (χ4n) is 8.02. The van der Waals surface area contributed by atoms with Gasteiger partial charge in [0.2, 0.25) is 23.5 Å². The van der Waals surface area contributed by atoms with E-state index in [0.717, 1.165) is 38.5 Å². The van der Waals surface area contributed by atoms with Crippen LogP contribution in [0.15, 0.2) is 31.2 Å². The topological polar surface area (TPSA) is 180 Å². The maximum absolute atomic E-state index is 14.6. The molecule has 4 N–H and O–H groups in total. The van der Waals surface area contributed by atoms with Crippen molar-refractivity contribution in [3.63, 3.8) is 0 Å². The van der Waals surface area contributed by atoms with Crippen molar-refractivity contribution >= 4 is 35.3 Å². The van der Waals surface area contributed by atoms with Gasteiger partial charge in [-0.15, -0.1) is 6.58 Å². The molecule has 13 nitrogen and oxygen atoms in total. The molecule has 0 spiro atoms. The van der Waals surface area contributed by atoms with Crippen LogP contribution in [0.25, 0.3) is 0 Å². The van der Waals surface area contributed by atoms with E-state index in [4.69, 9.17) is 0 Å². The van der Waals surface area contributed by atoms with Crippen molar-refractivity contribution in [3.05, 3.63) is 36.9 Å². The Balaban J connectivity index is 1.60. The molecule has 0 aromatic carbocycles. The fraction of sp³-hybridized carbons (Fsp3) is 0.684. The van der Waals surface area contributed by atoms with Gasteiger partial charge in [0.25, 0.3) is 11.8 Å². The molecule has 1 aliphatic heterocycles. The van der Waals surface area contributed by atoms with Crippen molar-refractivity contribution in [2.24, 2.45) is 28.1 Å². The van der Waals surface area contributed by atoms with Gasteiger partial charge in [0, 0.05) is 25.5 Å². The molecule has 3 aliphatic rings. The molecule has 5 amide bonds. The Kier molecular flexibility index (Phi) is 12.4. The number of nitrogens with zero attached hydrogens (tertiary/aromatic N) is 3. The predicted octanol–water partition coefficient (Wildman–Crippen LogP) is 3.11. The molecule has 13 heteroatoms. The zero-order valence-corrected chi connectivity index (χ0v) is 31.3. The largest absolute Gasteiger partial charge is 0.346 e. The van der Waals surface area contributed by atoms with E-state index in [0.29, 0.717) is 13.0 Å². The quantitative estimate of drug-likeness (QED) is 0.159. The number of amides is 5. The summed E-state index contributed by atoms with van der Waals surface area (Å²) < 4.78 is 0. The highest BCUT2D eigenvalue weighted by Gasteiger charge is 2.70. The highest BCUT2D eigenvalue weighted by molar-refractivity contribution is 6.38. The second kappa shape index (κ2) is 16.0. The normalized spacial score (nSPS) is 23.4. The average Bonchev–Trinajstić information content (AvgIpc) is 3.39. The standard InChI is InChI=1S/C38H57N7O6/c1-9-11-15-24(28(46)33(49)41-18-10-2)42-32(48)27-26-23(37(26,6)7)22-45(27)35(51)30(36(3,4)5)44-34(50)29(38(8)16-13-12-14-17-38)43-31(47)25-21-39-19-20-40-25/h10,19-21,23-24,26-27,29-30H,2,9,11-18,22H2,1,3-8H3,(H,41,49)(H,42,48)(H,43,47)(H,44,50)/t23-,24?,26-,27-,29+,30+/m0/s1. The number of likely N-dealkylation sites (tertiary alicyclic amines) is 1. The van der Waals surface area contributed by atoms with E-state index in [1.165, 1.54) is 24.7 Å². The Labute approximate surface area is 302 Å². The van der Waals surface area contributed by atoms with E-state index < -0.39 is 70.3 Å². The number of hydrogen-bond donors (Lipinski definition) is 4. The summed E-state index contributed by atoms with van der Waals surface area (Å²) in [7, 11) is 0. The van der Waals surface area contributed by atoms with E-state index in [1.807, 2.05) is 34.6 Å². The summed E-state index contributed by atoms with van der Waals surface area (Å²) in [5, 5.41) is 11.3. The highest BCUT2D eigenvalue weighted by atomic mass is 16.2. The van der Waals surface area contributed by atoms with Gasteiger partial charge in [-0.25, -0.2) is 4.98 Å². The first kappa shape index (κ1) is 39.6. The molecule has 6 atom stereocenters. The summed E-state index contributed by atoms with van der Waals surface area (Å²) >= 11 is 0. The average molecular weight is 708 g/mol. The molecule has 1 aromatic rings. The second-order valence-electron chi connectivity index (χ2n) is 16.5. The lowest BCUT2D eigenvalue weighted by atomic mass is 9.70. The van der Waals surface area contributed by atoms with Crippen LogP contribution in [-0.2, 0) is 24.0 Å². The van der Waals surface area contributed by atoms with Gasteiger partial charge >= 0.3 is 0 Å². The third kappa shape index (κ3) is 8.84. The van der Waals surface area contributed by atoms with E-state index >= 15 is 0 Å². The minimum atomic E-state index is -1.05. The second-order valence-corrected chi connectivity index (χ2v) is 16.5. The summed E-state index contributed by atoms with van der Waals surface area (Å²) in [6, 6.07) is -3.93. The van der Waals surface area contributed by atoms with E-state index in [2.05, 4.69) is 51.7 Å². The third-order valence-electron chi connectivity index (χ3n) is 11.3. The highest BCUT2D eigenvalue weighted by Crippen LogP contribution is 2.65. The maximum atomic E-state index is 14.6. The first-order valence-electron chi connectivity index (χ1n) is 18.4. The van der Waals surface area contributed by atoms with Crippen LogP contribution in [0.4, 0.5) is 0 Å². The van der Waals surface area contributed by atoms with Crippen molar-refractivity contribution in [1.29, 1.82) is 0 Å². The van der Waals surface area contributed by atoms with Gasteiger partial charge in [0.15, 0.2) is 0 Å². The molecular formula is C38H57N7O6. The van der Waals surface area contributed by atoms with Crippen LogP contribution in [0.3, 0.4) is 0 Å². The van der Waals surface area contributed by atoms with Crippen molar-refractivity contribution in [1.82, 2.24) is 36.1 Å². The van der Waals surface area contributed by atoms with E-state index in [9.17, 15) is 28.8 Å². The molecule has 280 valence electrons. The summed E-state index contributed by atoms with van der Waals surface area (Å²) in [5.74, 6) is -3.56. The molecule has 4 rings (SSSR count). The van der Waals surface area contributed by atoms with Gasteiger partial charge in [0.05, 0.1) is 12.2 Å². The van der Waals surface area contributed by atoms with Crippen LogP contribution in [0.5, 0.6) is 0 Å². The van der Waals surface area contributed by atoms with Gasteiger partial charge in [-0.3, -0.25) is 33.8 Å². The van der Waals surface area contributed by atoms with Gasteiger partial charge < -0.3 is 26.2 Å². The number of hydrogen-bond acceptors (Lipinski definition) is 8. The van der Waals surface area contributed by atoms with Gasteiger partial charge in [-0.05, 0) is 47.3 Å². The van der Waals surface area contributed by atoms with Crippen LogP contribution in [-0.4, -0.2) is 87.4 Å². The zero-order chi connectivity index (χ0) is 37.7. The first-order chi connectivity index (χ1) is 24.0. The minimum absolute atomic E-state index is 0.0503. The molecule has 51 heavy (non-hydrogen) atoms. The first-order valence-corrected chi connectivity index (χ1v) is 18.4. The molecule has 0 bridgehead atoms. The van der Waals surface area contributed by atoms with Crippen molar-refractivity contribution in [2.75, 3.05) is 13.1 Å². The molecule has 2 aliphatic carbocycles. The minimum Gasteiger partial charge on any atom is -0.346 e. The summed E-state index contributed by atoms with van der Waals surface area (Å²) in [6.07, 6.45) is 11.6. The zero-order valence-electron chi connectivity index (χ0n) is 31.3. The van der Waals surface area contributed by atoms with E-state index in [1.54, 1.807) is 4.90 Å². The van der Waals surface area contributed by atoms with E-state index in [-0.39, 0.29) is 35.9 Å². The van der Waals surface area contributed by atoms with Gasteiger partial charge in [0.1, 0.15) is 23.8 Å². The van der Waals surface area contributed by atoms with Gasteiger partial charge in [-0.2, -0.15) is 0 Å². The van der Waals surface area contributed by atoms with Crippen molar-refractivity contribution in [2.45, 2.75) is 124 Å². The Morgan fingerprint density at radius 2 is 1.71 bits per heavy atom. The molecule has 3 fully saturated rings. The van der Waals surface area contributed by atoms with Crippen LogP contribution in [0.2, 0.25) is 0 Å². The number of carbonyl (C=O) groups is 6. The molecule has 2 saturated carbocycles. The molecular weight excluding hydrogens is 650 g/mol. The Hall–Kier alpha value is -4.16. The summed E-state index contributed by atoms with van der Waals surface area (Å²) in [6.45, 7) is 17.6. The molecule has 1 saturated heterocycles. The maximum Gasteiger partial charge on any atom is 0.289 e. The lowest BCUT2D eigenvalue weighted by Crippen LogP contribution is -2.64. The number of ketones is 1. The van der Waals surface area contributed by atoms with Crippen LogP contribution in [0, 0.1) is 28.1 Å². The monoisotopic (exact) mass is 707 g/mol. The Bertz CT molecular complexity index is 1480. The number of carbonyl (C=O) groups excluding carboxylic acids is 6. The number of fused-ring (bicyclic) bond motifs is 1. The van der Waals surface area contributed by atoms with Crippen LogP contribution in [0.1, 0.15) is 110 Å².